The molecule has 1 aromatic heterocycles. The molecule has 8 nitrogen and oxygen atoms in total. The van der Waals surface area contributed by atoms with Gasteiger partial charge in [0, 0.05) is 34.6 Å². The second-order valence-electron chi connectivity index (χ2n) is 7.68. The molecule has 1 fully saturated rings. The largest absolute Gasteiger partial charge is 0.496 e. The number of carboxylic acid groups (broad SMARTS) is 1. The van der Waals surface area contributed by atoms with Gasteiger partial charge in [-0.3, -0.25) is 4.79 Å². The molecule has 4 rings (SSSR count). The van der Waals surface area contributed by atoms with Crippen molar-refractivity contribution in [3.8, 4) is 22.9 Å². The molecule has 1 aliphatic rings. The van der Waals surface area contributed by atoms with Gasteiger partial charge in [-0.2, -0.15) is 0 Å². The van der Waals surface area contributed by atoms with E-state index in [1.807, 2.05) is 0 Å². The summed E-state index contributed by atoms with van der Waals surface area (Å²) in [4.78, 5) is 34.6. The summed E-state index contributed by atoms with van der Waals surface area (Å²) < 4.78 is 38.8. The van der Waals surface area contributed by atoms with Crippen molar-refractivity contribution in [2.75, 3.05) is 14.2 Å². The number of amides is 1. The highest BCUT2D eigenvalue weighted by molar-refractivity contribution is 5.98. The number of likely N-dealkylation sites (tertiary alicyclic amines) is 1. The summed E-state index contributed by atoms with van der Waals surface area (Å²) in [5.74, 6) is -3.67. The second kappa shape index (κ2) is 9.42. The number of nitrogens with zero attached hydrogens (tertiary/aromatic N) is 3. The van der Waals surface area contributed by atoms with Crippen LogP contribution in [0, 0.1) is 11.6 Å². The lowest BCUT2D eigenvalue weighted by Crippen LogP contribution is -2.42. The van der Waals surface area contributed by atoms with Crippen LogP contribution in [0.4, 0.5) is 8.78 Å². The van der Waals surface area contributed by atoms with E-state index in [0.29, 0.717) is 16.9 Å². The quantitative estimate of drug-likeness (QED) is 0.585. The zero-order valence-corrected chi connectivity index (χ0v) is 18.4. The number of methoxy groups -OCH3 is 2. The third-order valence-corrected chi connectivity index (χ3v) is 5.82. The Balaban J connectivity index is 1.72. The fourth-order valence-corrected chi connectivity index (χ4v) is 4.19. The van der Waals surface area contributed by atoms with Crippen LogP contribution < -0.4 is 9.47 Å². The lowest BCUT2D eigenvalue weighted by Gasteiger charge is -2.29. The van der Waals surface area contributed by atoms with Crippen LogP contribution in [0.1, 0.15) is 34.8 Å². The minimum absolute atomic E-state index is 0.0592. The van der Waals surface area contributed by atoms with E-state index in [4.69, 9.17) is 9.47 Å². The van der Waals surface area contributed by atoms with Crippen LogP contribution in [0.15, 0.2) is 48.8 Å². The standard InChI is InChI=1S/C24H21F2N3O5/c1-33-20-10-13(6-7-15(20)14-11-27-24(34-2)28-12-14)22(30)29-18(8-9-19(29)23(31)32)16-4-3-5-17(25)21(16)26/h3-7,10-12,18-19H,8-9H2,1-2H3,(H,31,32)/t18-,19+/m1/s1. The first-order chi connectivity index (χ1) is 16.3. The Bertz CT molecular complexity index is 1240. The summed E-state index contributed by atoms with van der Waals surface area (Å²) >= 11 is 0. The highest BCUT2D eigenvalue weighted by Crippen LogP contribution is 2.40. The second-order valence-corrected chi connectivity index (χ2v) is 7.68. The minimum atomic E-state index is -1.22. The molecular weight excluding hydrogens is 448 g/mol. The Morgan fingerprint density at radius 2 is 1.79 bits per heavy atom. The number of rotatable bonds is 6. The van der Waals surface area contributed by atoms with Crippen molar-refractivity contribution < 1.29 is 33.0 Å². The number of benzene rings is 2. The van der Waals surface area contributed by atoms with E-state index in [0.717, 1.165) is 11.0 Å². The lowest BCUT2D eigenvalue weighted by atomic mass is 10.0. The van der Waals surface area contributed by atoms with Gasteiger partial charge in [-0.05, 0) is 37.1 Å². The van der Waals surface area contributed by atoms with E-state index >= 15 is 0 Å². The van der Waals surface area contributed by atoms with Crippen molar-refractivity contribution in [1.29, 1.82) is 0 Å². The molecule has 3 aromatic rings. The molecule has 2 atom stereocenters. The molecule has 1 saturated heterocycles. The maximum absolute atomic E-state index is 14.5. The van der Waals surface area contributed by atoms with Gasteiger partial charge in [0.25, 0.3) is 5.91 Å². The van der Waals surface area contributed by atoms with Gasteiger partial charge in [0.1, 0.15) is 11.8 Å². The summed E-state index contributed by atoms with van der Waals surface area (Å²) in [5.41, 5.74) is 1.30. The number of ether oxygens (including phenoxy) is 2. The van der Waals surface area contributed by atoms with E-state index in [1.165, 1.54) is 50.9 Å². The Morgan fingerprint density at radius 3 is 2.44 bits per heavy atom. The normalized spacial score (nSPS) is 17.5. The van der Waals surface area contributed by atoms with Crippen molar-refractivity contribution in [3.05, 3.63) is 71.6 Å². The molecule has 10 heteroatoms. The molecule has 2 heterocycles. The van der Waals surface area contributed by atoms with Crippen LogP contribution in [0.25, 0.3) is 11.1 Å². The number of hydrogen-bond acceptors (Lipinski definition) is 6. The van der Waals surface area contributed by atoms with E-state index < -0.39 is 35.6 Å². The van der Waals surface area contributed by atoms with Crippen LogP contribution in [0.3, 0.4) is 0 Å². The summed E-state index contributed by atoms with van der Waals surface area (Å²) in [7, 11) is 2.88. The first-order valence-corrected chi connectivity index (χ1v) is 10.4. The van der Waals surface area contributed by atoms with Gasteiger partial charge in [-0.1, -0.05) is 12.1 Å². The van der Waals surface area contributed by atoms with Crippen molar-refractivity contribution in [2.45, 2.75) is 24.9 Å². The fourth-order valence-electron chi connectivity index (χ4n) is 4.19. The van der Waals surface area contributed by atoms with Gasteiger partial charge in [0.2, 0.25) is 0 Å². The summed E-state index contributed by atoms with van der Waals surface area (Å²) in [6.07, 6.45) is 3.37. The molecule has 1 N–H and O–H groups in total. The molecule has 1 aliphatic heterocycles. The van der Waals surface area contributed by atoms with E-state index in [9.17, 15) is 23.5 Å². The SMILES string of the molecule is COc1ncc(-c2ccc(C(=O)N3[C@@H](c4cccc(F)c4F)CC[C@H]3C(=O)O)cc2OC)cn1. The van der Waals surface area contributed by atoms with Gasteiger partial charge in [0.15, 0.2) is 11.6 Å². The van der Waals surface area contributed by atoms with Gasteiger partial charge >= 0.3 is 12.0 Å². The topological polar surface area (TPSA) is 102 Å². The molecule has 34 heavy (non-hydrogen) atoms. The Kier molecular flexibility index (Phi) is 6.40. The van der Waals surface area contributed by atoms with Crippen LogP contribution in [0.2, 0.25) is 0 Å². The average molecular weight is 469 g/mol. The smallest absolute Gasteiger partial charge is 0.326 e. The molecule has 0 saturated carbocycles. The maximum Gasteiger partial charge on any atom is 0.326 e. The zero-order valence-electron chi connectivity index (χ0n) is 18.4. The zero-order chi connectivity index (χ0) is 24.4. The van der Waals surface area contributed by atoms with Gasteiger partial charge in [-0.15, -0.1) is 0 Å². The molecule has 0 aliphatic carbocycles. The third-order valence-electron chi connectivity index (χ3n) is 5.82. The third kappa shape index (κ3) is 4.14. The Hall–Kier alpha value is -4.08. The first-order valence-electron chi connectivity index (χ1n) is 10.4. The first kappa shape index (κ1) is 23.1. The highest BCUT2D eigenvalue weighted by Gasteiger charge is 2.43. The number of carboxylic acids is 1. The highest BCUT2D eigenvalue weighted by atomic mass is 19.2. The number of hydrogen-bond donors (Lipinski definition) is 1. The number of aliphatic carboxylic acids is 1. The molecule has 0 bridgehead atoms. The molecule has 0 spiro atoms. The molecule has 2 aromatic carbocycles. The van der Waals surface area contributed by atoms with Crippen LogP contribution in [0.5, 0.6) is 11.8 Å². The number of carbonyl (C=O) groups is 2. The van der Waals surface area contributed by atoms with E-state index in [2.05, 4.69) is 9.97 Å². The van der Waals surface area contributed by atoms with Crippen molar-refractivity contribution in [2.24, 2.45) is 0 Å². The van der Waals surface area contributed by atoms with Crippen LogP contribution in [-0.4, -0.2) is 52.1 Å². The predicted octanol–water partition coefficient (Wildman–Crippen LogP) is 3.87. The monoisotopic (exact) mass is 469 g/mol. The van der Waals surface area contributed by atoms with E-state index in [-0.39, 0.29) is 30.0 Å². The molecule has 176 valence electrons. The van der Waals surface area contributed by atoms with Crippen molar-refractivity contribution in [1.82, 2.24) is 14.9 Å². The number of aromatic nitrogens is 2. The number of halogens is 2. The maximum atomic E-state index is 14.5. The lowest BCUT2D eigenvalue weighted by molar-refractivity contribution is -0.141. The predicted molar refractivity (Wildman–Crippen MR) is 116 cm³/mol. The van der Waals surface area contributed by atoms with Crippen molar-refractivity contribution >= 4 is 11.9 Å². The average Bonchev–Trinajstić information content (AvgIpc) is 3.30. The minimum Gasteiger partial charge on any atom is -0.496 e. The fraction of sp³-hybridized carbons (Fsp3) is 0.250. The summed E-state index contributed by atoms with van der Waals surface area (Å²) in [6.45, 7) is 0. The van der Waals surface area contributed by atoms with E-state index in [1.54, 1.807) is 6.07 Å². The Labute approximate surface area is 193 Å². The van der Waals surface area contributed by atoms with Gasteiger partial charge < -0.3 is 19.5 Å². The van der Waals surface area contributed by atoms with Crippen LogP contribution in [-0.2, 0) is 4.79 Å². The van der Waals surface area contributed by atoms with Gasteiger partial charge in [0.05, 0.1) is 20.3 Å². The molecule has 0 radical (unpaired) electrons. The van der Waals surface area contributed by atoms with Gasteiger partial charge in [-0.25, -0.2) is 23.5 Å². The molecule has 1 amide bonds. The number of carbonyl (C=O) groups excluding carboxylic acids is 1. The molecular formula is C24H21F2N3O5. The van der Waals surface area contributed by atoms with Crippen molar-refractivity contribution in [3.63, 3.8) is 0 Å². The molecule has 0 unspecified atom stereocenters. The summed E-state index contributed by atoms with van der Waals surface area (Å²) in [6, 6.07) is 6.37. The van der Waals surface area contributed by atoms with Crippen LogP contribution >= 0.6 is 0 Å². The summed E-state index contributed by atoms with van der Waals surface area (Å²) in [5, 5.41) is 9.69. The Morgan fingerprint density at radius 1 is 1.06 bits per heavy atom.